The predicted molar refractivity (Wildman–Crippen MR) is 81.3 cm³/mol. The number of benzene rings is 1. The summed E-state index contributed by atoms with van der Waals surface area (Å²) in [5.74, 6) is 0.106. The Labute approximate surface area is 121 Å². The van der Waals surface area contributed by atoms with Gasteiger partial charge in [-0.2, -0.15) is 0 Å². The number of thiazole rings is 1. The smallest absolute Gasteiger partial charge is 0.207 e. The summed E-state index contributed by atoms with van der Waals surface area (Å²) in [6.45, 7) is 0. The van der Waals surface area contributed by atoms with Crippen LogP contribution in [0.15, 0.2) is 27.7 Å². The van der Waals surface area contributed by atoms with Crippen molar-refractivity contribution in [2.24, 2.45) is 4.99 Å². The molecule has 90 valence electrons. The van der Waals surface area contributed by atoms with Crippen molar-refractivity contribution in [2.45, 2.75) is 0 Å². The zero-order valence-electron chi connectivity index (χ0n) is 8.98. The number of nitrogens with zero attached hydrogens (tertiary/aromatic N) is 1. The number of nitrogens with one attached hydrogen (secondary N) is 1. The van der Waals surface area contributed by atoms with E-state index in [9.17, 15) is 5.11 Å². The Morgan fingerprint density at radius 1 is 1.44 bits per heavy atom. The largest absolute Gasteiger partial charge is 0.494 e. The molecule has 2 N–H and O–H groups in total. The second kappa shape index (κ2) is 4.46. The van der Waals surface area contributed by atoms with Crippen LogP contribution in [-0.4, -0.2) is 16.3 Å². The van der Waals surface area contributed by atoms with E-state index in [-0.39, 0.29) is 5.88 Å². The lowest BCUT2D eigenvalue weighted by Gasteiger charge is -2.00. The van der Waals surface area contributed by atoms with E-state index in [0.29, 0.717) is 8.83 Å². The van der Waals surface area contributed by atoms with Gasteiger partial charge in [0.2, 0.25) is 5.88 Å². The summed E-state index contributed by atoms with van der Waals surface area (Å²) in [7, 11) is 0. The van der Waals surface area contributed by atoms with E-state index < -0.39 is 0 Å². The summed E-state index contributed by atoms with van der Waals surface area (Å²) in [6.07, 6.45) is 3.67. The molecule has 0 spiro atoms. The van der Waals surface area contributed by atoms with E-state index in [1.165, 1.54) is 11.3 Å². The maximum Gasteiger partial charge on any atom is 0.207 e. The third kappa shape index (κ3) is 2.07. The second-order valence-corrected chi connectivity index (χ2v) is 6.38. The molecule has 0 unspecified atom stereocenters. The van der Waals surface area contributed by atoms with Gasteiger partial charge in [0.1, 0.15) is 0 Å². The highest BCUT2D eigenvalue weighted by atomic mass is 79.9. The zero-order chi connectivity index (χ0) is 12.7. The Hall–Kier alpha value is -1.24. The number of H-pyrrole nitrogens is 1. The Bertz CT molecular complexity index is 743. The minimum Gasteiger partial charge on any atom is -0.494 e. The van der Waals surface area contributed by atoms with Gasteiger partial charge in [0.05, 0.1) is 10.6 Å². The van der Waals surface area contributed by atoms with Crippen LogP contribution in [0.3, 0.4) is 0 Å². The maximum atomic E-state index is 9.68. The molecule has 1 aromatic carbocycles. The molecule has 6 heteroatoms. The van der Waals surface area contributed by atoms with Gasteiger partial charge < -0.3 is 10.1 Å². The van der Waals surface area contributed by atoms with E-state index in [4.69, 9.17) is 12.2 Å². The van der Waals surface area contributed by atoms with Crippen molar-refractivity contribution in [1.82, 2.24) is 4.98 Å². The molecule has 0 radical (unpaired) electrons. The standard InChI is InChI=1S/C12H7BrN2OS2/c13-7-1-2-9-8(4-7)6(5-14-9)3-10-11(16)15-12(17)18-10/h1-5,16H,(H,15,17). The fourth-order valence-corrected chi connectivity index (χ4v) is 3.15. The molecular weight excluding hydrogens is 332 g/mol. The summed E-state index contributed by atoms with van der Waals surface area (Å²) in [4.78, 5) is 7.75. The van der Waals surface area contributed by atoms with Crippen LogP contribution in [0.25, 0.3) is 11.6 Å². The first kappa shape index (κ1) is 11.8. The zero-order valence-corrected chi connectivity index (χ0v) is 12.2. The lowest BCUT2D eigenvalue weighted by molar-refractivity contribution is 0.456. The van der Waals surface area contributed by atoms with Crippen LogP contribution in [0, 0.1) is 3.95 Å². The molecule has 18 heavy (non-hydrogen) atoms. The van der Waals surface area contributed by atoms with Crippen molar-refractivity contribution < 1.29 is 5.11 Å². The minimum atomic E-state index is 0.106. The van der Waals surface area contributed by atoms with Gasteiger partial charge in [-0.25, -0.2) is 0 Å². The number of aromatic nitrogens is 1. The molecule has 0 fully saturated rings. The SMILES string of the molecule is Oc1[nH]c(=S)sc1C=C1C=Nc2ccc(Br)cc21. The Morgan fingerprint density at radius 2 is 2.28 bits per heavy atom. The van der Waals surface area contributed by atoms with Gasteiger partial charge in [-0.15, -0.1) is 11.3 Å². The van der Waals surface area contributed by atoms with E-state index in [1.54, 1.807) is 6.21 Å². The van der Waals surface area contributed by atoms with Gasteiger partial charge in [0.25, 0.3) is 0 Å². The third-order valence-electron chi connectivity index (χ3n) is 2.56. The number of halogens is 1. The highest BCUT2D eigenvalue weighted by molar-refractivity contribution is 9.10. The molecule has 0 amide bonds. The van der Waals surface area contributed by atoms with Crippen molar-refractivity contribution in [3.05, 3.63) is 37.1 Å². The molecule has 1 aliphatic heterocycles. The average Bonchev–Trinajstić information content (AvgIpc) is 2.84. The highest BCUT2D eigenvalue weighted by Gasteiger charge is 2.13. The normalized spacial score (nSPS) is 15.3. The number of hydrogen-bond acceptors (Lipinski definition) is 4. The summed E-state index contributed by atoms with van der Waals surface area (Å²) < 4.78 is 1.56. The first-order chi connectivity index (χ1) is 8.63. The number of rotatable bonds is 1. The number of aromatic amines is 1. The van der Waals surface area contributed by atoms with Crippen molar-refractivity contribution in [1.29, 1.82) is 0 Å². The lowest BCUT2D eigenvalue weighted by Crippen LogP contribution is -1.80. The van der Waals surface area contributed by atoms with Gasteiger partial charge in [-0.1, -0.05) is 15.9 Å². The molecule has 1 aliphatic rings. The van der Waals surface area contributed by atoms with E-state index in [0.717, 1.165) is 21.3 Å². The van der Waals surface area contributed by atoms with Crippen LogP contribution in [0.4, 0.5) is 5.69 Å². The molecule has 0 saturated carbocycles. The van der Waals surface area contributed by atoms with E-state index >= 15 is 0 Å². The van der Waals surface area contributed by atoms with Crippen molar-refractivity contribution in [3.63, 3.8) is 0 Å². The number of aliphatic imine (C=N–C) groups is 1. The van der Waals surface area contributed by atoms with Gasteiger partial charge in [0.15, 0.2) is 3.95 Å². The Kier molecular flexibility index (Phi) is 2.93. The van der Waals surface area contributed by atoms with Gasteiger partial charge in [-0.05, 0) is 36.5 Å². The van der Waals surface area contributed by atoms with Crippen LogP contribution >= 0.6 is 39.5 Å². The molecule has 0 saturated heterocycles. The van der Waals surface area contributed by atoms with Gasteiger partial charge in [-0.3, -0.25) is 4.99 Å². The molecule has 0 bridgehead atoms. The monoisotopic (exact) mass is 338 g/mol. The van der Waals surface area contributed by atoms with Gasteiger partial charge in [0, 0.05) is 21.8 Å². The van der Waals surface area contributed by atoms with Crippen LogP contribution < -0.4 is 0 Å². The average molecular weight is 339 g/mol. The van der Waals surface area contributed by atoms with Crippen molar-refractivity contribution >= 4 is 63.0 Å². The Morgan fingerprint density at radius 3 is 3.00 bits per heavy atom. The Balaban J connectivity index is 2.11. The molecule has 1 aromatic heterocycles. The van der Waals surface area contributed by atoms with Crippen LogP contribution in [0.2, 0.25) is 0 Å². The third-order valence-corrected chi connectivity index (χ3v) is 4.22. The number of hydrogen-bond donors (Lipinski definition) is 2. The van der Waals surface area contributed by atoms with Crippen molar-refractivity contribution in [3.8, 4) is 5.88 Å². The summed E-state index contributed by atoms with van der Waals surface area (Å²) in [5, 5.41) is 9.68. The fraction of sp³-hybridized carbons (Fsp3) is 0. The van der Waals surface area contributed by atoms with E-state index in [2.05, 4.69) is 25.9 Å². The van der Waals surface area contributed by atoms with Crippen molar-refractivity contribution in [2.75, 3.05) is 0 Å². The maximum absolute atomic E-state index is 9.68. The highest BCUT2D eigenvalue weighted by Crippen LogP contribution is 2.36. The topological polar surface area (TPSA) is 48.4 Å². The number of allylic oxidation sites excluding steroid dienone is 1. The fourth-order valence-electron chi connectivity index (χ4n) is 1.75. The molecule has 0 atom stereocenters. The quantitative estimate of drug-likeness (QED) is 0.750. The summed E-state index contributed by atoms with van der Waals surface area (Å²) in [6, 6.07) is 5.92. The van der Waals surface area contributed by atoms with E-state index in [1.807, 2.05) is 24.3 Å². The molecule has 0 aliphatic carbocycles. The first-order valence-electron chi connectivity index (χ1n) is 5.11. The number of fused-ring (bicyclic) bond motifs is 1. The first-order valence-corrected chi connectivity index (χ1v) is 7.13. The summed E-state index contributed by atoms with van der Waals surface area (Å²) >= 11 is 9.78. The minimum absolute atomic E-state index is 0.106. The molecule has 2 aromatic rings. The van der Waals surface area contributed by atoms with Gasteiger partial charge >= 0.3 is 0 Å². The second-order valence-electron chi connectivity index (χ2n) is 3.75. The molecule has 2 heterocycles. The lowest BCUT2D eigenvalue weighted by atomic mass is 10.1. The molecule has 3 rings (SSSR count). The molecule has 3 nitrogen and oxygen atoms in total. The van der Waals surface area contributed by atoms with Crippen LogP contribution in [0.5, 0.6) is 5.88 Å². The van der Waals surface area contributed by atoms with Crippen LogP contribution in [0.1, 0.15) is 10.4 Å². The predicted octanol–water partition coefficient (Wildman–Crippen LogP) is 4.53. The van der Waals surface area contributed by atoms with Crippen LogP contribution in [-0.2, 0) is 0 Å². The summed E-state index contributed by atoms with van der Waals surface area (Å²) in [5.41, 5.74) is 2.94. The molecular formula is C12H7BrN2OS2. The number of aromatic hydroxyl groups is 1.